The summed E-state index contributed by atoms with van der Waals surface area (Å²) in [6.45, 7) is 3.80. The second-order valence-corrected chi connectivity index (χ2v) is 9.18. The molecule has 1 N–H and O–H groups in total. The number of allylic oxidation sites excluding steroid dienone is 3. The van der Waals surface area contributed by atoms with Gasteiger partial charge in [0.2, 0.25) is 5.75 Å². The number of esters is 1. The zero-order valence-electron chi connectivity index (χ0n) is 21.1. The molecule has 0 amide bonds. The zero-order chi connectivity index (χ0) is 26.0. The number of carbonyl (C=O) groups is 2. The molecule has 190 valence electrons. The SMILES string of the molecule is CCOC(=O)C1=C(C)NC2=C(C(=O)C[C@@H](c3ccc(Cl)cc3)C2)[C@@H]1c1cc(OC)c(OC)c(OC)c1. The number of benzene rings is 2. The number of hydrogen-bond donors (Lipinski definition) is 1. The fourth-order valence-electron chi connectivity index (χ4n) is 5.09. The van der Waals surface area contributed by atoms with Crippen LogP contribution in [0.4, 0.5) is 0 Å². The van der Waals surface area contributed by atoms with Crippen LogP contribution in [0.5, 0.6) is 17.2 Å². The van der Waals surface area contributed by atoms with Crippen LogP contribution in [0, 0.1) is 0 Å². The number of halogens is 1. The van der Waals surface area contributed by atoms with Crippen LogP contribution in [0.3, 0.4) is 0 Å². The van der Waals surface area contributed by atoms with E-state index in [9.17, 15) is 9.59 Å². The first-order chi connectivity index (χ1) is 17.3. The first-order valence-electron chi connectivity index (χ1n) is 11.8. The molecule has 2 aliphatic rings. The average molecular weight is 512 g/mol. The summed E-state index contributed by atoms with van der Waals surface area (Å²) in [4.78, 5) is 26.9. The van der Waals surface area contributed by atoms with Crippen molar-refractivity contribution in [3.63, 3.8) is 0 Å². The molecule has 2 aromatic carbocycles. The Bertz CT molecular complexity index is 1220. The van der Waals surface area contributed by atoms with Crippen LogP contribution in [0.2, 0.25) is 5.02 Å². The summed E-state index contributed by atoms with van der Waals surface area (Å²) in [7, 11) is 4.59. The van der Waals surface area contributed by atoms with E-state index in [-0.39, 0.29) is 18.3 Å². The number of methoxy groups -OCH3 is 3. The van der Waals surface area contributed by atoms with E-state index in [1.807, 2.05) is 31.2 Å². The second kappa shape index (κ2) is 10.7. The predicted octanol–water partition coefficient (Wildman–Crippen LogP) is 5.29. The molecule has 1 aliphatic carbocycles. The molecule has 4 rings (SSSR count). The second-order valence-electron chi connectivity index (χ2n) is 8.75. The number of Topliss-reactive ketones (excluding diaryl/α,β-unsaturated/α-hetero) is 1. The Morgan fingerprint density at radius 3 is 2.19 bits per heavy atom. The zero-order valence-corrected chi connectivity index (χ0v) is 21.8. The van der Waals surface area contributed by atoms with Crippen molar-refractivity contribution in [1.82, 2.24) is 5.32 Å². The van der Waals surface area contributed by atoms with Gasteiger partial charge in [0.25, 0.3) is 0 Å². The Morgan fingerprint density at radius 2 is 1.64 bits per heavy atom. The lowest BCUT2D eigenvalue weighted by Crippen LogP contribution is -2.36. The molecule has 36 heavy (non-hydrogen) atoms. The van der Waals surface area contributed by atoms with Crippen LogP contribution in [0.1, 0.15) is 49.7 Å². The number of carbonyl (C=O) groups excluding carboxylic acids is 2. The van der Waals surface area contributed by atoms with E-state index in [0.29, 0.717) is 57.5 Å². The largest absolute Gasteiger partial charge is 0.493 e. The lowest BCUT2D eigenvalue weighted by molar-refractivity contribution is -0.138. The number of nitrogens with one attached hydrogen (secondary N) is 1. The molecule has 1 aliphatic heterocycles. The lowest BCUT2D eigenvalue weighted by Gasteiger charge is -2.37. The first kappa shape index (κ1) is 25.6. The van der Waals surface area contributed by atoms with E-state index in [2.05, 4.69) is 5.32 Å². The number of dihydropyridines is 1. The third kappa shape index (κ3) is 4.67. The third-order valence-electron chi connectivity index (χ3n) is 6.68. The molecule has 0 saturated heterocycles. The van der Waals surface area contributed by atoms with Crippen LogP contribution >= 0.6 is 11.6 Å². The van der Waals surface area contributed by atoms with Gasteiger partial charge in [0.15, 0.2) is 17.3 Å². The quantitative estimate of drug-likeness (QED) is 0.505. The minimum absolute atomic E-state index is 0.00134. The topological polar surface area (TPSA) is 83.1 Å². The van der Waals surface area contributed by atoms with E-state index in [4.69, 9.17) is 30.5 Å². The van der Waals surface area contributed by atoms with Gasteiger partial charge in [-0.25, -0.2) is 4.79 Å². The molecule has 0 unspecified atom stereocenters. The van der Waals surface area contributed by atoms with Crippen molar-refractivity contribution in [1.29, 1.82) is 0 Å². The van der Waals surface area contributed by atoms with Crippen molar-refractivity contribution in [3.8, 4) is 17.2 Å². The Kier molecular flexibility index (Phi) is 7.59. The predicted molar refractivity (Wildman–Crippen MR) is 137 cm³/mol. The third-order valence-corrected chi connectivity index (χ3v) is 6.94. The van der Waals surface area contributed by atoms with E-state index >= 15 is 0 Å². The molecule has 0 fully saturated rings. The highest BCUT2D eigenvalue weighted by molar-refractivity contribution is 6.30. The maximum absolute atomic E-state index is 13.7. The fourth-order valence-corrected chi connectivity index (χ4v) is 5.22. The lowest BCUT2D eigenvalue weighted by atomic mass is 9.71. The van der Waals surface area contributed by atoms with Crippen molar-refractivity contribution in [2.45, 2.75) is 38.5 Å². The molecule has 0 spiro atoms. The number of rotatable bonds is 7. The normalized spacial score (nSPS) is 19.4. The van der Waals surface area contributed by atoms with Crippen LogP contribution in [-0.2, 0) is 14.3 Å². The molecule has 0 radical (unpaired) electrons. The maximum atomic E-state index is 13.7. The summed E-state index contributed by atoms with van der Waals surface area (Å²) in [6, 6.07) is 11.2. The van der Waals surface area contributed by atoms with Crippen molar-refractivity contribution in [2.75, 3.05) is 27.9 Å². The van der Waals surface area contributed by atoms with E-state index in [1.54, 1.807) is 19.1 Å². The minimum Gasteiger partial charge on any atom is -0.493 e. The number of ketones is 1. The van der Waals surface area contributed by atoms with Crippen molar-refractivity contribution >= 4 is 23.4 Å². The van der Waals surface area contributed by atoms with Crippen LogP contribution in [-0.4, -0.2) is 39.7 Å². The Labute approximate surface area is 216 Å². The molecule has 0 saturated carbocycles. The summed E-state index contributed by atoms with van der Waals surface area (Å²) in [5.74, 6) is 0.165. The molecule has 0 aromatic heterocycles. The molecule has 2 aromatic rings. The smallest absolute Gasteiger partial charge is 0.336 e. The highest BCUT2D eigenvalue weighted by Crippen LogP contribution is 2.49. The monoisotopic (exact) mass is 511 g/mol. The Hall–Kier alpha value is -3.45. The molecule has 2 atom stereocenters. The highest BCUT2D eigenvalue weighted by Gasteiger charge is 2.42. The van der Waals surface area contributed by atoms with Gasteiger partial charge in [0.05, 0.1) is 33.5 Å². The van der Waals surface area contributed by atoms with Gasteiger partial charge in [-0.1, -0.05) is 23.7 Å². The van der Waals surface area contributed by atoms with Crippen molar-refractivity contribution < 1.29 is 28.5 Å². The number of hydrogen-bond acceptors (Lipinski definition) is 7. The standard InChI is InChI=1S/C28H30ClNO6/c1-6-36-28(32)24-15(2)30-20-11-17(16-7-9-19(29)10-8-16)12-21(31)26(20)25(24)18-13-22(33-3)27(35-5)23(14-18)34-4/h7-10,13-14,17,25,30H,6,11-12H2,1-5H3/t17-,25+/m0/s1. The van der Waals surface area contributed by atoms with E-state index < -0.39 is 11.9 Å². The number of ether oxygens (including phenoxy) is 4. The van der Waals surface area contributed by atoms with Crippen LogP contribution < -0.4 is 19.5 Å². The van der Waals surface area contributed by atoms with E-state index in [0.717, 1.165) is 11.3 Å². The van der Waals surface area contributed by atoms with Crippen LogP contribution in [0.15, 0.2) is 58.9 Å². The molecule has 8 heteroatoms. The Morgan fingerprint density at radius 1 is 1.00 bits per heavy atom. The van der Waals surface area contributed by atoms with Crippen molar-refractivity contribution in [3.05, 3.63) is 75.1 Å². The maximum Gasteiger partial charge on any atom is 0.336 e. The summed E-state index contributed by atoms with van der Waals surface area (Å²) in [6.07, 6.45) is 0.940. The van der Waals surface area contributed by atoms with Gasteiger partial charge in [-0.2, -0.15) is 0 Å². The van der Waals surface area contributed by atoms with Gasteiger partial charge < -0.3 is 24.3 Å². The van der Waals surface area contributed by atoms with Crippen molar-refractivity contribution in [2.24, 2.45) is 0 Å². The van der Waals surface area contributed by atoms with Gasteiger partial charge >= 0.3 is 5.97 Å². The summed E-state index contributed by atoms with van der Waals surface area (Å²) in [5.41, 5.74) is 4.12. The molecule has 7 nitrogen and oxygen atoms in total. The first-order valence-corrected chi connectivity index (χ1v) is 12.2. The fraction of sp³-hybridized carbons (Fsp3) is 0.357. The summed E-state index contributed by atoms with van der Waals surface area (Å²) < 4.78 is 22.0. The molecular formula is C28H30ClNO6. The highest BCUT2D eigenvalue weighted by atomic mass is 35.5. The van der Waals surface area contributed by atoms with Gasteiger partial charge in [-0.05, 0) is 61.6 Å². The Balaban J connectivity index is 1.87. The van der Waals surface area contributed by atoms with Gasteiger partial charge in [0.1, 0.15) is 0 Å². The summed E-state index contributed by atoms with van der Waals surface area (Å²) in [5, 5.41) is 4.00. The average Bonchev–Trinajstić information content (AvgIpc) is 2.87. The van der Waals surface area contributed by atoms with Gasteiger partial charge in [-0.15, -0.1) is 0 Å². The van der Waals surface area contributed by atoms with E-state index in [1.165, 1.54) is 21.3 Å². The molecule has 1 heterocycles. The van der Waals surface area contributed by atoms with Gasteiger partial charge in [-0.3, -0.25) is 4.79 Å². The van der Waals surface area contributed by atoms with Crippen LogP contribution in [0.25, 0.3) is 0 Å². The molecule has 0 bridgehead atoms. The molecular weight excluding hydrogens is 482 g/mol. The van der Waals surface area contributed by atoms with Gasteiger partial charge in [0, 0.05) is 34.3 Å². The minimum atomic E-state index is -0.646. The summed E-state index contributed by atoms with van der Waals surface area (Å²) >= 11 is 6.07.